The van der Waals surface area contributed by atoms with Gasteiger partial charge in [-0.25, -0.2) is 0 Å². The van der Waals surface area contributed by atoms with Gasteiger partial charge in [-0.05, 0) is 12.8 Å². The molecule has 1 unspecified atom stereocenters. The van der Waals surface area contributed by atoms with Crippen LogP contribution in [0.5, 0.6) is 0 Å². The van der Waals surface area contributed by atoms with Gasteiger partial charge in [0, 0.05) is 12.3 Å². The summed E-state index contributed by atoms with van der Waals surface area (Å²) in [6.45, 7) is 4.44. The van der Waals surface area contributed by atoms with E-state index in [1.165, 1.54) is 64.2 Å². The van der Waals surface area contributed by atoms with Crippen LogP contribution in [0.2, 0.25) is 0 Å². The molecule has 0 aromatic heterocycles. The van der Waals surface area contributed by atoms with Gasteiger partial charge in [0.05, 0.1) is 0 Å². The molecule has 0 aromatic carbocycles. The molecule has 0 saturated heterocycles. The Morgan fingerprint density at radius 1 is 0.643 bits per heavy atom. The van der Waals surface area contributed by atoms with Crippen LogP contribution in [-0.4, -0.2) is 27.1 Å². The summed E-state index contributed by atoms with van der Waals surface area (Å²) in [7, 11) is -2.90. The first kappa shape index (κ1) is 29.1. The summed E-state index contributed by atoms with van der Waals surface area (Å²) >= 11 is 17.7. The van der Waals surface area contributed by atoms with Gasteiger partial charge in [0.15, 0.2) is 5.85 Å². The molecule has 1 atom stereocenters. The molecule has 0 aromatic rings. The molecule has 170 valence electrons. The van der Waals surface area contributed by atoms with Gasteiger partial charge >= 0.3 is 0 Å². The van der Waals surface area contributed by atoms with Crippen molar-refractivity contribution in [2.24, 2.45) is 0 Å². The van der Waals surface area contributed by atoms with Crippen LogP contribution in [0.1, 0.15) is 117 Å². The molecule has 0 heterocycles. The zero-order valence-corrected chi connectivity index (χ0v) is 21.4. The predicted octanol–water partition coefficient (Wildman–Crippen LogP) is 9.32. The molecule has 0 aliphatic carbocycles. The minimum Gasteiger partial charge on any atom is -0.381 e. The molecule has 0 bridgehead atoms. The Morgan fingerprint density at radius 3 is 1.21 bits per heavy atom. The van der Waals surface area contributed by atoms with Gasteiger partial charge in [-0.3, -0.25) is 0 Å². The van der Waals surface area contributed by atoms with E-state index >= 15 is 0 Å². The maximum Gasteiger partial charge on any atom is 0.222 e. The number of rotatable bonds is 19. The lowest BCUT2D eigenvalue weighted by Crippen LogP contribution is -2.27. The van der Waals surface area contributed by atoms with Crippen molar-refractivity contribution in [1.29, 1.82) is 0 Å². The second-order valence-corrected chi connectivity index (χ2v) is 13.9. The highest BCUT2D eigenvalue weighted by molar-refractivity contribution is 7.64. The minimum absolute atomic E-state index is 0.494. The Kier molecular flexibility index (Phi) is 18.4. The fourth-order valence-electron chi connectivity index (χ4n) is 3.65. The van der Waals surface area contributed by atoms with E-state index in [0.717, 1.165) is 38.5 Å². The van der Waals surface area contributed by atoms with Gasteiger partial charge in [0.25, 0.3) is 0 Å². The first-order valence-electron chi connectivity index (χ1n) is 11.6. The van der Waals surface area contributed by atoms with Crippen molar-refractivity contribution in [3.8, 4) is 0 Å². The number of aliphatic hydroxyl groups is 1. The molecule has 2 nitrogen and oxygen atoms in total. The van der Waals surface area contributed by atoms with Gasteiger partial charge in [-0.1, -0.05) is 139 Å². The normalized spacial score (nSPS) is 13.8. The van der Waals surface area contributed by atoms with Crippen LogP contribution in [-0.2, 0) is 4.57 Å². The largest absolute Gasteiger partial charge is 0.381 e. The van der Waals surface area contributed by atoms with Crippen LogP contribution in [0.3, 0.4) is 0 Å². The first-order valence-corrected chi connectivity index (χ1v) is 14.9. The summed E-state index contributed by atoms with van der Waals surface area (Å²) in [6.07, 6.45) is 19.8. The predicted molar refractivity (Wildman–Crippen MR) is 129 cm³/mol. The standard InChI is InChI=1S/C22H44Cl3O2P/c1-3-5-7-9-11-13-15-17-19-28(27,21(26)22(23,24)25)20-18-16-14-12-10-8-6-4-2/h21,26H,3-20H2,1-2H3. The lowest BCUT2D eigenvalue weighted by Gasteiger charge is -2.29. The molecule has 0 rings (SSSR count). The number of unbranched alkanes of at least 4 members (excludes halogenated alkanes) is 14. The molecule has 0 fully saturated rings. The van der Waals surface area contributed by atoms with E-state index in [1.54, 1.807) is 0 Å². The van der Waals surface area contributed by atoms with E-state index in [9.17, 15) is 9.67 Å². The summed E-state index contributed by atoms with van der Waals surface area (Å²) < 4.78 is 11.5. The summed E-state index contributed by atoms with van der Waals surface area (Å²) in [6, 6.07) is 0. The van der Waals surface area contributed by atoms with E-state index in [4.69, 9.17) is 34.8 Å². The van der Waals surface area contributed by atoms with Crippen LogP contribution >= 0.6 is 41.9 Å². The molecule has 28 heavy (non-hydrogen) atoms. The second kappa shape index (κ2) is 17.7. The van der Waals surface area contributed by atoms with Crippen molar-refractivity contribution < 1.29 is 9.67 Å². The molecule has 0 aliphatic rings. The third kappa shape index (κ3) is 15.0. The molecule has 0 amide bonds. The number of hydrogen-bond acceptors (Lipinski definition) is 2. The fourth-order valence-corrected chi connectivity index (χ4v) is 8.01. The number of aliphatic hydroxyl groups excluding tert-OH is 1. The zero-order valence-electron chi connectivity index (χ0n) is 18.2. The molecule has 1 N–H and O–H groups in total. The number of halogens is 3. The third-order valence-electron chi connectivity index (χ3n) is 5.52. The van der Waals surface area contributed by atoms with Crippen LogP contribution in [0, 0.1) is 0 Å². The summed E-state index contributed by atoms with van der Waals surface area (Å²) in [5, 5.41) is 10.4. The lowest BCUT2D eigenvalue weighted by atomic mass is 10.1. The Hall–Kier alpha value is 1.06. The van der Waals surface area contributed by atoms with E-state index in [0.29, 0.717) is 12.3 Å². The van der Waals surface area contributed by atoms with E-state index in [1.807, 2.05) is 0 Å². The average Bonchev–Trinajstić information content (AvgIpc) is 2.64. The van der Waals surface area contributed by atoms with E-state index < -0.39 is 16.8 Å². The lowest BCUT2D eigenvalue weighted by molar-refractivity contribution is 0.250. The van der Waals surface area contributed by atoms with Crippen molar-refractivity contribution in [3.05, 3.63) is 0 Å². The Morgan fingerprint density at radius 2 is 0.929 bits per heavy atom. The van der Waals surface area contributed by atoms with E-state index in [-0.39, 0.29) is 0 Å². The average molecular weight is 478 g/mol. The summed E-state index contributed by atoms with van der Waals surface area (Å²) in [4.78, 5) is 0. The van der Waals surface area contributed by atoms with Crippen LogP contribution < -0.4 is 0 Å². The number of hydrogen-bond donors (Lipinski definition) is 1. The Labute approximate surface area is 189 Å². The third-order valence-corrected chi connectivity index (χ3v) is 10.0. The SMILES string of the molecule is CCCCCCCCCCP(=O)(CCCCCCCCCC)C(O)C(Cl)(Cl)Cl. The maximum atomic E-state index is 13.4. The number of alkyl halides is 3. The van der Waals surface area contributed by atoms with Crippen molar-refractivity contribution in [2.45, 2.75) is 126 Å². The highest BCUT2D eigenvalue weighted by atomic mass is 35.6. The van der Waals surface area contributed by atoms with Crippen LogP contribution in [0.25, 0.3) is 0 Å². The molecule has 6 heteroatoms. The molecule has 0 aliphatic heterocycles. The van der Waals surface area contributed by atoms with Gasteiger partial charge in [0.1, 0.15) is 7.14 Å². The highest BCUT2D eigenvalue weighted by Gasteiger charge is 2.43. The maximum absolute atomic E-state index is 13.4. The van der Waals surface area contributed by atoms with Crippen molar-refractivity contribution in [3.63, 3.8) is 0 Å². The zero-order chi connectivity index (χ0) is 21.3. The van der Waals surface area contributed by atoms with Crippen molar-refractivity contribution >= 4 is 41.9 Å². The van der Waals surface area contributed by atoms with E-state index in [2.05, 4.69) is 13.8 Å². The Balaban J connectivity index is 4.22. The quantitative estimate of drug-likeness (QED) is 0.114. The molecular formula is C22H44Cl3O2P. The topological polar surface area (TPSA) is 37.3 Å². The molecule has 0 radical (unpaired) electrons. The summed E-state index contributed by atoms with van der Waals surface area (Å²) in [5.41, 5.74) is 0. The minimum atomic E-state index is -2.90. The Bertz CT molecular complexity index is 376. The molecule has 0 saturated carbocycles. The van der Waals surface area contributed by atoms with Crippen LogP contribution in [0.4, 0.5) is 0 Å². The first-order chi connectivity index (χ1) is 13.3. The van der Waals surface area contributed by atoms with Crippen LogP contribution in [0.15, 0.2) is 0 Å². The van der Waals surface area contributed by atoms with Gasteiger partial charge in [-0.2, -0.15) is 0 Å². The van der Waals surface area contributed by atoms with Gasteiger partial charge in [0.2, 0.25) is 3.79 Å². The summed E-state index contributed by atoms with van der Waals surface area (Å²) in [5.74, 6) is -1.35. The van der Waals surface area contributed by atoms with Crippen molar-refractivity contribution in [2.75, 3.05) is 12.3 Å². The molecular weight excluding hydrogens is 434 g/mol. The fraction of sp³-hybridized carbons (Fsp3) is 1.00. The molecule has 0 spiro atoms. The smallest absolute Gasteiger partial charge is 0.222 e. The highest BCUT2D eigenvalue weighted by Crippen LogP contribution is 2.58. The monoisotopic (exact) mass is 476 g/mol. The van der Waals surface area contributed by atoms with Gasteiger partial charge in [-0.15, -0.1) is 0 Å². The van der Waals surface area contributed by atoms with Crippen molar-refractivity contribution in [1.82, 2.24) is 0 Å². The second-order valence-electron chi connectivity index (χ2n) is 8.26. The van der Waals surface area contributed by atoms with Gasteiger partial charge < -0.3 is 9.67 Å².